The number of hydrogen-bond acceptors (Lipinski definition) is 4. The van der Waals surface area contributed by atoms with Crippen LogP contribution in [-0.2, 0) is 16.0 Å². The Bertz CT molecular complexity index is 1040. The zero-order valence-corrected chi connectivity index (χ0v) is 18.8. The second-order valence-electron chi connectivity index (χ2n) is 8.14. The highest BCUT2D eigenvalue weighted by molar-refractivity contribution is 6.31. The summed E-state index contributed by atoms with van der Waals surface area (Å²) < 4.78 is 18.9. The van der Waals surface area contributed by atoms with E-state index in [1.165, 1.54) is 19.1 Å². The van der Waals surface area contributed by atoms with Crippen molar-refractivity contribution in [3.05, 3.63) is 58.4 Å². The molecular formula is C24H25ClFN3O3. The minimum absolute atomic E-state index is 0.189. The molecule has 2 aromatic carbocycles. The number of carbonyl (C=O) groups is 2. The van der Waals surface area contributed by atoms with Crippen LogP contribution in [0.15, 0.2) is 36.4 Å². The van der Waals surface area contributed by atoms with Crippen molar-refractivity contribution < 1.29 is 18.7 Å². The summed E-state index contributed by atoms with van der Waals surface area (Å²) in [5.41, 5.74) is 1.49. The Kier molecular flexibility index (Phi) is 7.37. The van der Waals surface area contributed by atoms with Crippen molar-refractivity contribution in [3.8, 4) is 11.8 Å². The number of nitrogens with zero attached hydrogens (tertiary/aromatic N) is 2. The van der Waals surface area contributed by atoms with Crippen LogP contribution >= 0.6 is 11.6 Å². The van der Waals surface area contributed by atoms with Gasteiger partial charge in [0.05, 0.1) is 17.2 Å². The van der Waals surface area contributed by atoms with Gasteiger partial charge in [0.15, 0.2) is 6.61 Å². The van der Waals surface area contributed by atoms with Crippen molar-refractivity contribution >= 4 is 29.1 Å². The van der Waals surface area contributed by atoms with Gasteiger partial charge in [-0.1, -0.05) is 23.7 Å². The lowest BCUT2D eigenvalue weighted by Crippen LogP contribution is -2.45. The number of ether oxygens (including phenoxy) is 1. The van der Waals surface area contributed by atoms with E-state index in [1.807, 2.05) is 6.92 Å². The van der Waals surface area contributed by atoms with Gasteiger partial charge in [-0.05, 0) is 61.6 Å². The van der Waals surface area contributed by atoms with Crippen LogP contribution in [0.1, 0.15) is 30.9 Å². The molecule has 0 aliphatic carbocycles. The first-order chi connectivity index (χ1) is 15.2. The van der Waals surface area contributed by atoms with Crippen LogP contribution in [-0.4, -0.2) is 36.4 Å². The number of likely N-dealkylation sites (tertiary alicyclic amines) is 1. The number of hydrogen-bond donors (Lipinski definition) is 1. The number of piperidine rings is 1. The Morgan fingerprint density at radius 2 is 1.91 bits per heavy atom. The van der Waals surface area contributed by atoms with Crippen molar-refractivity contribution in [1.29, 1.82) is 5.26 Å². The lowest BCUT2D eigenvalue weighted by Gasteiger charge is -2.37. The molecule has 1 saturated heterocycles. The fraction of sp³-hybridized carbons (Fsp3) is 0.375. The maximum atomic E-state index is 13.2. The zero-order chi connectivity index (χ0) is 23.3. The van der Waals surface area contributed by atoms with Crippen LogP contribution in [0.5, 0.6) is 5.75 Å². The molecule has 0 saturated carbocycles. The first-order valence-corrected chi connectivity index (χ1v) is 10.7. The molecule has 1 heterocycles. The third-order valence-corrected chi connectivity index (χ3v) is 6.10. The fourth-order valence-corrected chi connectivity index (χ4v) is 3.96. The second kappa shape index (κ2) is 10.0. The van der Waals surface area contributed by atoms with E-state index < -0.39 is 5.41 Å². The molecule has 1 fully saturated rings. The van der Waals surface area contributed by atoms with Crippen molar-refractivity contribution in [3.63, 3.8) is 0 Å². The minimum Gasteiger partial charge on any atom is -0.482 e. The Balaban J connectivity index is 1.60. The van der Waals surface area contributed by atoms with E-state index in [0.717, 1.165) is 11.1 Å². The number of anilines is 1. The smallest absolute Gasteiger partial charge is 0.260 e. The zero-order valence-electron chi connectivity index (χ0n) is 18.1. The Labute approximate surface area is 191 Å². The van der Waals surface area contributed by atoms with Crippen molar-refractivity contribution in [2.45, 2.75) is 33.1 Å². The summed E-state index contributed by atoms with van der Waals surface area (Å²) in [5, 5.41) is 12.9. The number of benzene rings is 2. The molecule has 0 atom stereocenters. The SMILES string of the molecule is CC(=O)Nc1cc(Cl)c(C)cc1OCC(=O)N1CCC(C#N)(Cc2ccc(F)cc2)CC1. The molecule has 32 heavy (non-hydrogen) atoms. The number of halogens is 2. The van der Waals surface area contributed by atoms with Gasteiger partial charge in [-0.25, -0.2) is 4.39 Å². The van der Waals surface area contributed by atoms with Crippen LogP contribution in [0.25, 0.3) is 0 Å². The molecule has 2 amide bonds. The molecule has 1 aliphatic heterocycles. The molecule has 0 aromatic heterocycles. The van der Waals surface area contributed by atoms with Gasteiger partial charge in [-0.15, -0.1) is 0 Å². The molecule has 6 nitrogen and oxygen atoms in total. The van der Waals surface area contributed by atoms with E-state index in [-0.39, 0.29) is 24.2 Å². The van der Waals surface area contributed by atoms with Crippen molar-refractivity contribution in [2.75, 3.05) is 25.0 Å². The minimum atomic E-state index is -0.582. The molecular weight excluding hydrogens is 433 g/mol. The van der Waals surface area contributed by atoms with Crippen LogP contribution in [0.4, 0.5) is 10.1 Å². The van der Waals surface area contributed by atoms with Crippen molar-refractivity contribution in [1.82, 2.24) is 4.90 Å². The number of amides is 2. The summed E-state index contributed by atoms with van der Waals surface area (Å²) >= 11 is 6.13. The molecule has 0 radical (unpaired) electrons. The highest BCUT2D eigenvalue weighted by atomic mass is 35.5. The maximum Gasteiger partial charge on any atom is 0.260 e. The van der Waals surface area contributed by atoms with Crippen LogP contribution in [0.2, 0.25) is 5.02 Å². The molecule has 168 valence electrons. The summed E-state index contributed by atoms with van der Waals surface area (Å²) in [6.07, 6.45) is 1.58. The molecule has 2 aromatic rings. The molecule has 0 spiro atoms. The predicted molar refractivity (Wildman–Crippen MR) is 120 cm³/mol. The summed E-state index contributed by atoms with van der Waals surface area (Å²) in [7, 11) is 0. The first kappa shape index (κ1) is 23.6. The number of nitrogens with one attached hydrogen (secondary N) is 1. The quantitative estimate of drug-likeness (QED) is 0.692. The number of nitriles is 1. The van der Waals surface area contributed by atoms with Crippen LogP contribution in [0.3, 0.4) is 0 Å². The molecule has 8 heteroatoms. The van der Waals surface area contributed by atoms with E-state index in [9.17, 15) is 19.2 Å². The largest absolute Gasteiger partial charge is 0.482 e. The van der Waals surface area contributed by atoms with Gasteiger partial charge >= 0.3 is 0 Å². The third-order valence-electron chi connectivity index (χ3n) is 5.69. The average Bonchev–Trinajstić information content (AvgIpc) is 2.76. The topological polar surface area (TPSA) is 82.4 Å². The van der Waals surface area contributed by atoms with E-state index in [2.05, 4.69) is 11.4 Å². The van der Waals surface area contributed by atoms with Gasteiger partial charge in [0.2, 0.25) is 5.91 Å². The standard InChI is InChI=1S/C24H25ClFN3O3/c1-16-11-22(21(12-20(16)25)28-17(2)30)32-14-23(31)29-9-7-24(15-27,8-10-29)13-18-3-5-19(26)6-4-18/h3-6,11-12H,7-10,13-14H2,1-2H3,(H,28,30). The lowest BCUT2D eigenvalue weighted by atomic mass is 9.75. The summed E-state index contributed by atoms with van der Waals surface area (Å²) in [4.78, 5) is 25.9. The number of rotatable bonds is 6. The highest BCUT2D eigenvalue weighted by Gasteiger charge is 2.36. The number of carbonyl (C=O) groups excluding carboxylic acids is 2. The molecule has 0 bridgehead atoms. The van der Waals surface area contributed by atoms with Gasteiger partial charge in [0, 0.05) is 25.0 Å². The van der Waals surface area contributed by atoms with Gasteiger partial charge in [0.1, 0.15) is 11.6 Å². The van der Waals surface area contributed by atoms with Crippen molar-refractivity contribution in [2.24, 2.45) is 5.41 Å². The van der Waals surface area contributed by atoms with Gasteiger partial charge in [-0.2, -0.15) is 5.26 Å². The molecule has 1 N–H and O–H groups in total. The van der Waals surface area contributed by atoms with E-state index in [4.69, 9.17) is 16.3 Å². The summed E-state index contributed by atoms with van der Waals surface area (Å²) in [6, 6.07) is 11.9. The Morgan fingerprint density at radius 1 is 1.25 bits per heavy atom. The Hall–Kier alpha value is -3.11. The summed E-state index contributed by atoms with van der Waals surface area (Å²) in [6.45, 7) is 3.88. The average molecular weight is 458 g/mol. The molecule has 3 rings (SSSR count). The number of aryl methyl sites for hydroxylation is 1. The van der Waals surface area contributed by atoms with E-state index in [0.29, 0.717) is 48.8 Å². The van der Waals surface area contributed by atoms with Gasteiger partial charge in [0.25, 0.3) is 5.91 Å². The fourth-order valence-electron chi connectivity index (χ4n) is 3.80. The maximum absolute atomic E-state index is 13.2. The van der Waals surface area contributed by atoms with E-state index >= 15 is 0 Å². The van der Waals surface area contributed by atoms with Crippen LogP contribution in [0, 0.1) is 29.5 Å². The van der Waals surface area contributed by atoms with Crippen LogP contribution < -0.4 is 10.1 Å². The lowest BCUT2D eigenvalue weighted by molar-refractivity contribution is -0.135. The third kappa shape index (κ3) is 5.77. The van der Waals surface area contributed by atoms with Gasteiger partial charge < -0.3 is 15.0 Å². The molecule has 0 unspecified atom stereocenters. The monoisotopic (exact) mass is 457 g/mol. The predicted octanol–water partition coefficient (Wildman–Crippen LogP) is 4.50. The normalized spacial score (nSPS) is 15.0. The first-order valence-electron chi connectivity index (χ1n) is 10.4. The van der Waals surface area contributed by atoms with E-state index in [1.54, 1.807) is 29.2 Å². The van der Waals surface area contributed by atoms with Gasteiger partial charge in [-0.3, -0.25) is 9.59 Å². The highest BCUT2D eigenvalue weighted by Crippen LogP contribution is 2.35. The Morgan fingerprint density at radius 3 is 2.50 bits per heavy atom. The summed E-state index contributed by atoms with van der Waals surface area (Å²) in [5.74, 6) is -0.404. The second-order valence-corrected chi connectivity index (χ2v) is 8.55. The molecule has 1 aliphatic rings.